The summed E-state index contributed by atoms with van der Waals surface area (Å²) in [6, 6.07) is 33.7. The lowest BCUT2D eigenvalue weighted by Gasteiger charge is -2.25. The quantitative estimate of drug-likeness (QED) is 0.0563. The van der Waals surface area contributed by atoms with Gasteiger partial charge in [0.15, 0.2) is 15.2 Å². The molecular formula is C46H47N13O8S5. The zero-order chi connectivity index (χ0) is 51.6. The highest BCUT2D eigenvalue weighted by molar-refractivity contribution is 7.98. The molecule has 0 amide bonds. The maximum Gasteiger partial charge on any atom is 0.425 e. The summed E-state index contributed by atoms with van der Waals surface area (Å²) in [6.07, 6.45) is 0. The normalized spacial score (nSPS) is 10.9. The maximum atomic E-state index is 8.44. The second-order valence-corrected chi connectivity index (χ2v) is 17.8. The van der Waals surface area contributed by atoms with Gasteiger partial charge in [-0.15, -0.1) is 45.7 Å². The summed E-state index contributed by atoms with van der Waals surface area (Å²) >= 11 is 4.09. The summed E-state index contributed by atoms with van der Waals surface area (Å²) in [5.74, 6) is 2.54. The van der Waals surface area contributed by atoms with E-state index in [1.54, 1.807) is 14.2 Å². The van der Waals surface area contributed by atoms with Crippen LogP contribution in [0.3, 0.4) is 0 Å². The Hall–Kier alpha value is -7.52. The molecule has 0 saturated heterocycles. The number of aromatic nitrogens is 5. The second-order valence-electron chi connectivity index (χ2n) is 14.5. The van der Waals surface area contributed by atoms with E-state index in [4.69, 9.17) is 59.9 Å². The average Bonchev–Trinajstić information content (AvgIpc) is 4.00. The Morgan fingerprint density at radius 1 is 0.556 bits per heavy atom. The van der Waals surface area contributed by atoms with Gasteiger partial charge in [-0.05, 0) is 92.7 Å². The standard InChI is InChI=1S/C46H47N13O2S3.2O3S/c1-7-58(8-2)38-24-34(36(26-40(38)60-5)52-54-42-30-20-14-16-22-32(30)56-63-42)47-44-49-45(51-46(50-44)62-28-29-18-12-11-13-19-29)48-35-25-39(59(9-3)10-4)41(61-6)27-37(35)53-55-43-31-21-15-17-23-33(31)57-64-43;2*1-4(2)3/h11-27H,7-10,28H2,1-6H3,(H2,47,48,49,50,51);;. The highest BCUT2D eigenvalue weighted by Gasteiger charge is 2.20. The first-order chi connectivity index (χ1) is 34.9. The highest BCUT2D eigenvalue weighted by Crippen LogP contribution is 2.44. The second kappa shape index (κ2) is 26.6. The van der Waals surface area contributed by atoms with E-state index in [1.807, 2.05) is 91.0 Å². The van der Waals surface area contributed by atoms with E-state index in [0.717, 1.165) is 64.9 Å². The topological polar surface area (TPSA) is 265 Å². The van der Waals surface area contributed by atoms with Crippen LogP contribution in [0.5, 0.6) is 11.5 Å². The Morgan fingerprint density at radius 3 is 1.36 bits per heavy atom. The first kappa shape index (κ1) is 53.8. The Bertz CT molecular complexity index is 3200. The minimum atomic E-state index is -3.11. The molecule has 0 aliphatic carbocycles. The Morgan fingerprint density at radius 2 is 0.958 bits per heavy atom. The van der Waals surface area contributed by atoms with Gasteiger partial charge in [-0.2, -0.15) is 23.7 Å². The van der Waals surface area contributed by atoms with Crippen molar-refractivity contribution < 1.29 is 34.7 Å². The van der Waals surface area contributed by atoms with Crippen LogP contribution >= 0.6 is 34.8 Å². The lowest BCUT2D eigenvalue weighted by atomic mass is 10.2. The van der Waals surface area contributed by atoms with E-state index in [1.165, 1.54) is 34.8 Å². The summed E-state index contributed by atoms with van der Waals surface area (Å²) in [7, 11) is -2.91. The lowest BCUT2D eigenvalue weighted by molar-refractivity contribution is 0.414. The van der Waals surface area contributed by atoms with Crippen LogP contribution in [-0.4, -0.2) is 89.4 Å². The average molecular weight is 1070 g/mol. The van der Waals surface area contributed by atoms with E-state index < -0.39 is 21.2 Å². The number of azo groups is 2. The van der Waals surface area contributed by atoms with Gasteiger partial charge in [-0.1, -0.05) is 66.4 Å². The first-order valence-corrected chi connectivity index (χ1v) is 26.4. The van der Waals surface area contributed by atoms with Gasteiger partial charge in [-0.3, -0.25) is 0 Å². The molecule has 0 radical (unpaired) electrons. The largest absolute Gasteiger partial charge is 0.494 e. The SMILES string of the molecule is CCN(CC)c1cc(Nc2nc(Nc3cc(N(CC)CC)c(OC)cc3N=Nc3snc4ccccc34)nc(SCc3ccccc3)n2)c(N=Nc2snc3ccccc23)cc1OC.O=S(=O)=O.O=S(=O)=O. The Kier molecular flexibility index (Phi) is 19.9. The summed E-state index contributed by atoms with van der Waals surface area (Å²) in [5.41, 5.74) is 6.92. The predicted molar refractivity (Wildman–Crippen MR) is 282 cm³/mol. The summed E-state index contributed by atoms with van der Waals surface area (Å²) in [6.45, 7) is 11.5. The molecular weight excluding hydrogens is 1020 g/mol. The molecule has 5 aromatic carbocycles. The monoisotopic (exact) mass is 1070 g/mol. The Balaban J connectivity index is 0.000000986. The number of nitrogens with one attached hydrogen (secondary N) is 2. The number of hydrogen-bond acceptors (Lipinski definition) is 24. The van der Waals surface area contributed by atoms with Crippen LogP contribution in [0.2, 0.25) is 0 Å². The molecule has 72 heavy (non-hydrogen) atoms. The van der Waals surface area contributed by atoms with Gasteiger partial charge in [0.1, 0.15) is 22.9 Å². The van der Waals surface area contributed by atoms with Crippen LogP contribution in [0.15, 0.2) is 129 Å². The molecule has 0 unspecified atom stereocenters. The lowest BCUT2D eigenvalue weighted by Crippen LogP contribution is -2.22. The number of rotatable bonds is 19. The third kappa shape index (κ3) is 14.5. The molecule has 8 rings (SSSR count). The van der Waals surface area contributed by atoms with E-state index in [9.17, 15) is 0 Å². The Labute approximate surface area is 430 Å². The van der Waals surface area contributed by atoms with Gasteiger partial charge in [0.05, 0.1) is 48.0 Å². The van der Waals surface area contributed by atoms with E-state index in [2.05, 4.69) is 79.2 Å². The van der Waals surface area contributed by atoms with E-state index in [0.29, 0.717) is 67.1 Å². The van der Waals surface area contributed by atoms with Crippen LogP contribution < -0.4 is 29.9 Å². The molecule has 26 heteroatoms. The fourth-order valence-electron chi connectivity index (χ4n) is 7.02. The van der Waals surface area contributed by atoms with Crippen LogP contribution in [0.4, 0.5) is 56.0 Å². The smallest absolute Gasteiger partial charge is 0.425 e. The third-order valence-electron chi connectivity index (χ3n) is 10.3. The zero-order valence-corrected chi connectivity index (χ0v) is 43.7. The van der Waals surface area contributed by atoms with E-state index in [-0.39, 0.29) is 0 Å². The molecule has 8 aromatic rings. The summed E-state index contributed by atoms with van der Waals surface area (Å²) < 4.78 is 71.7. The van der Waals surface area contributed by atoms with Gasteiger partial charge in [0.2, 0.25) is 11.9 Å². The number of hydrogen-bond donors (Lipinski definition) is 2. The number of nitrogens with zero attached hydrogens (tertiary/aromatic N) is 11. The van der Waals surface area contributed by atoms with Crippen molar-refractivity contribution >= 4 is 134 Å². The fourth-order valence-corrected chi connectivity index (χ4v) is 9.20. The van der Waals surface area contributed by atoms with Crippen LogP contribution in [0.1, 0.15) is 33.3 Å². The molecule has 3 heterocycles. The van der Waals surface area contributed by atoms with Crippen molar-refractivity contribution in [1.82, 2.24) is 23.7 Å². The molecule has 0 atom stereocenters. The number of fused-ring (bicyclic) bond motifs is 2. The summed E-state index contributed by atoms with van der Waals surface area (Å²) in [4.78, 5) is 19.3. The van der Waals surface area contributed by atoms with Crippen molar-refractivity contribution in [3.05, 3.63) is 109 Å². The molecule has 0 aliphatic heterocycles. The number of ether oxygens (including phenoxy) is 2. The van der Waals surface area contributed by atoms with Crippen molar-refractivity contribution in [2.24, 2.45) is 20.5 Å². The molecule has 2 N–H and O–H groups in total. The molecule has 0 saturated carbocycles. The van der Waals surface area contributed by atoms with Crippen molar-refractivity contribution in [1.29, 1.82) is 0 Å². The third-order valence-corrected chi connectivity index (χ3v) is 12.8. The van der Waals surface area contributed by atoms with Gasteiger partial charge in [-0.25, -0.2) is 0 Å². The van der Waals surface area contributed by atoms with Crippen molar-refractivity contribution in [3.63, 3.8) is 0 Å². The van der Waals surface area contributed by atoms with E-state index >= 15 is 0 Å². The molecule has 3 aromatic heterocycles. The van der Waals surface area contributed by atoms with Crippen molar-refractivity contribution in [3.8, 4) is 11.5 Å². The van der Waals surface area contributed by atoms with Crippen molar-refractivity contribution in [2.45, 2.75) is 38.6 Å². The minimum absolute atomic E-state index is 0.292. The molecule has 0 bridgehead atoms. The summed E-state index contributed by atoms with van der Waals surface area (Å²) in [5, 5.41) is 29.7. The number of thioether (sulfide) groups is 1. The van der Waals surface area contributed by atoms with Crippen LogP contribution in [-0.2, 0) is 27.0 Å². The van der Waals surface area contributed by atoms with Gasteiger partial charge < -0.3 is 29.9 Å². The predicted octanol–water partition coefficient (Wildman–Crippen LogP) is 11.4. The molecule has 374 valence electrons. The number of methoxy groups -OCH3 is 2. The number of benzene rings is 5. The number of anilines is 6. The van der Waals surface area contributed by atoms with Gasteiger partial charge in [0, 0.05) is 54.8 Å². The van der Waals surface area contributed by atoms with Crippen LogP contribution in [0.25, 0.3) is 21.8 Å². The first-order valence-electron chi connectivity index (χ1n) is 21.8. The fraction of sp³-hybridized carbons (Fsp3) is 0.239. The van der Waals surface area contributed by atoms with Crippen molar-refractivity contribution in [2.75, 3.05) is 60.8 Å². The molecule has 21 nitrogen and oxygen atoms in total. The molecule has 0 spiro atoms. The van der Waals surface area contributed by atoms with Gasteiger partial charge in [0.25, 0.3) is 0 Å². The van der Waals surface area contributed by atoms with Crippen LogP contribution in [0, 0.1) is 0 Å². The maximum absolute atomic E-state index is 8.44. The minimum Gasteiger partial charge on any atom is -0.494 e. The molecule has 0 fully saturated rings. The highest BCUT2D eigenvalue weighted by atomic mass is 32.2. The zero-order valence-electron chi connectivity index (χ0n) is 39.6. The molecule has 0 aliphatic rings. The van der Waals surface area contributed by atoms with Gasteiger partial charge >= 0.3 is 21.2 Å².